The molecule has 2 aliphatic heterocycles. The normalized spacial score (nSPS) is 34.2. The lowest BCUT2D eigenvalue weighted by Crippen LogP contribution is -2.63. The monoisotopic (exact) mass is 242 g/mol. The lowest BCUT2D eigenvalue weighted by Gasteiger charge is -2.45. The van der Waals surface area contributed by atoms with E-state index in [0.717, 1.165) is 13.1 Å². The Hall–Kier alpha value is -0.220. The van der Waals surface area contributed by atoms with Crippen LogP contribution in [-0.4, -0.2) is 40.6 Å². The molecule has 3 nitrogen and oxygen atoms in total. The van der Waals surface area contributed by atoms with Gasteiger partial charge in [-0.3, -0.25) is 4.79 Å². The SMILES string of the molecule is CCCCC[C@]1(C)NCCN2C(=O)CS[C@@H]21. The lowest BCUT2D eigenvalue weighted by atomic mass is 9.91. The molecular weight excluding hydrogens is 220 g/mol. The molecule has 0 unspecified atom stereocenters. The third-order valence-electron chi connectivity index (χ3n) is 3.69. The summed E-state index contributed by atoms with van der Waals surface area (Å²) < 4.78 is 0. The van der Waals surface area contributed by atoms with E-state index in [9.17, 15) is 4.79 Å². The van der Waals surface area contributed by atoms with Crippen LogP contribution in [-0.2, 0) is 4.79 Å². The number of carbonyl (C=O) groups is 1. The lowest BCUT2D eigenvalue weighted by molar-refractivity contribution is -0.130. The second kappa shape index (κ2) is 4.96. The Balaban J connectivity index is 1.99. The molecule has 0 aromatic carbocycles. The molecular formula is C12H22N2OS. The molecule has 0 radical (unpaired) electrons. The Labute approximate surface area is 102 Å². The number of thioether (sulfide) groups is 1. The summed E-state index contributed by atoms with van der Waals surface area (Å²) in [6.45, 7) is 6.35. The Morgan fingerprint density at radius 1 is 1.56 bits per heavy atom. The van der Waals surface area contributed by atoms with E-state index in [1.807, 2.05) is 11.8 Å². The zero-order valence-corrected chi connectivity index (χ0v) is 11.1. The third-order valence-corrected chi connectivity index (χ3v) is 5.20. The summed E-state index contributed by atoms with van der Waals surface area (Å²) in [6.07, 6.45) is 5.00. The van der Waals surface area contributed by atoms with E-state index in [1.54, 1.807) is 0 Å². The van der Waals surface area contributed by atoms with Crippen LogP contribution in [0.2, 0.25) is 0 Å². The molecule has 0 saturated carbocycles. The molecule has 1 N–H and O–H groups in total. The number of nitrogens with zero attached hydrogens (tertiary/aromatic N) is 1. The molecule has 2 atom stereocenters. The number of carbonyl (C=O) groups excluding carboxylic acids is 1. The number of nitrogens with one attached hydrogen (secondary N) is 1. The van der Waals surface area contributed by atoms with Gasteiger partial charge in [-0.2, -0.15) is 0 Å². The van der Waals surface area contributed by atoms with Crippen molar-refractivity contribution in [1.82, 2.24) is 10.2 Å². The molecule has 2 fully saturated rings. The largest absolute Gasteiger partial charge is 0.327 e. The van der Waals surface area contributed by atoms with Gasteiger partial charge in [0.2, 0.25) is 5.91 Å². The van der Waals surface area contributed by atoms with E-state index in [-0.39, 0.29) is 5.54 Å². The molecule has 0 bridgehead atoms. The van der Waals surface area contributed by atoms with E-state index in [0.29, 0.717) is 17.0 Å². The van der Waals surface area contributed by atoms with Gasteiger partial charge in [0.05, 0.1) is 11.1 Å². The van der Waals surface area contributed by atoms with Gasteiger partial charge in [0.15, 0.2) is 0 Å². The van der Waals surface area contributed by atoms with Crippen LogP contribution in [0.5, 0.6) is 0 Å². The fourth-order valence-electron chi connectivity index (χ4n) is 2.73. The molecule has 16 heavy (non-hydrogen) atoms. The maximum absolute atomic E-state index is 11.7. The Kier molecular flexibility index (Phi) is 3.80. The molecule has 92 valence electrons. The van der Waals surface area contributed by atoms with Crippen LogP contribution >= 0.6 is 11.8 Å². The number of amides is 1. The predicted molar refractivity (Wildman–Crippen MR) is 68.5 cm³/mol. The first-order chi connectivity index (χ1) is 7.67. The van der Waals surface area contributed by atoms with E-state index in [1.165, 1.54) is 25.7 Å². The first kappa shape index (κ1) is 12.2. The molecule has 4 heteroatoms. The van der Waals surface area contributed by atoms with Crippen LogP contribution in [0.15, 0.2) is 0 Å². The number of fused-ring (bicyclic) bond motifs is 1. The molecule has 0 aromatic rings. The second-order valence-electron chi connectivity index (χ2n) is 5.05. The number of hydrogen-bond donors (Lipinski definition) is 1. The summed E-state index contributed by atoms with van der Waals surface area (Å²) >= 11 is 1.81. The van der Waals surface area contributed by atoms with Crippen molar-refractivity contribution in [3.8, 4) is 0 Å². The standard InChI is InChI=1S/C12H22N2OS/c1-3-4-5-6-12(2)11-14(8-7-13-12)10(15)9-16-11/h11,13H,3-9H2,1-2H3/t11-,12+/m1/s1. The van der Waals surface area contributed by atoms with Gasteiger partial charge in [-0.15, -0.1) is 11.8 Å². The number of unbranched alkanes of at least 4 members (excludes halogenated alkanes) is 2. The van der Waals surface area contributed by atoms with Crippen LogP contribution < -0.4 is 5.32 Å². The summed E-state index contributed by atoms with van der Waals surface area (Å²) in [5.74, 6) is 1.01. The molecule has 2 saturated heterocycles. The van der Waals surface area contributed by atoms with Crippen LogP contribution in [0.25, 0.3) is 0 Å². The maximum Gasteiger partial charge on any atom is 0.233 e. The highest BCUT2D eigenvalue weighted by molar-refractivity contribution is 8.01. The van der Waals surface area contributed by atoms with E-state index in [2.05, 4.69) is 24.1 Å². The molecule has 1 amide bonds. The summed E-state index contributed by atoms with van der Waals surface area (Å²) in [6, 6.07) is 0. The van der Waals surface area contributed by atoms with Gasteiger partial charge in [0.1, 0.15) is 0 Å². The van der Waals surface area contributed by atoms with E-state index < -0.39 is 0 Å². The van der Waals surface area contributed by atoms with Crippen LogP contribution in [0, 0.1) is 0 Å². The van der Waals surface area contributed by atoms with Crippen LogP contribution in [0.4, 0.5) is 0 Å². The highest BCUT2D eigenvalue weighted by atomic mass is 32.2. The Morgan fingerprint density at radius 2 is 2.38 bits per heavy atom. The Morgan fingerprint density at radius 3 is 3.12 bits per heavy atom. The Bertz CT molecular complexity index is 272. The first-order valence-electron chi connectivity index (χ1n) is 6.33. The van der Waals surface area contributed by atoms with Gasteiger partial charge < -0.3 is 10.2 Å². The quantitative estimate of drug-likeness (QED) is 0.763. The first-order valence-corrected chi connectivity index (χ1v) is 7.38. The van der Waals surface area contributed by atoms with Crippen molar-refractivity contribution in [2.24, 2.45) is 0 Å². The van der Waals surface area contributed by atoms with E-state index in [4.69, 9.17) is 0 Å². The van der Waals surface area contributed by atoms with Crippen molar-refractivity contribution >= 4 is 17.7 Å². The fourth-order valence-corrected chi connectivity index (χ4v) is 4.17. The molecule has 2 rings (SSSR count). The van der Waals surface area contributed by atoms with Gasteiger partial charge in [0, 0.05) is 18.6 Å². The van der Waals surface area contributed by atoms with Gasteiger partial charge >= 0.3 is 0 Å². The average Bonchev–Trinajstić information content (AvgIpc) is 2.63. The molecule has 0 spiro atoms. The zero-order valence-electron chi connectivity index (χ0n) is 10.3. The van der Waals surface area contributed by atoms with Gasteiger partial charge in [-0.05, 0) is 13.3 Å². The fraction of sp³-hybridized carbons (Fsp3) is 0.917. The van der Waals surface area contributed by atoms with Gasteiger partial charge in [-0.25, -0.2) is 0 Å². The van der Waals surface area contributed by atoms with Crippen molar-refractivity contribution in [3.05, 3.63) is 0 Å². The van der Waals surface area contributed by atoms with Gasteiger partial charge in [-0.1, -0.05) is 26.2 Å². The number of hydrogen-bond acceptors (Lipinski definition) is 3. The van der Waals surface area contributed by atoms with Crippen LogP contribution in [0.1, 0.15) is 39.5 Å². The number of rotatable bonds is 4. The summed E-state index contributed by atoms with van der Waals surface area (Å²) in [5.41, 5.74) is 0.129. The number of piperazine rings is 1. The maximum atomic E-state index is 11.7. The minimum absolute atomic E-state index is 0.129. The van der Waals surface area contributed by atoms with E-state index >= 15 is 0 Å². The van der Waals surface area contributed by atoms with Crippen molar-refractivity contribution in [1.29, 1.82) is 0 Å². The summed E-state index contributed by atoms with van der Waals surface area (Å²) in [7, 11) is 0. The zero-order chi connectivity index (χ0) is 11.6. The third kappa shape index (κ3) is 2.23. The van der Waals surface area contributed by atoms with Crippen LogP contribution in [0.3, 0.4) is 0 Å². The summed E-state index contributed by atoms with van der Waals surface area (Å²) in [5, 5.41) is 4.00. The predicted octanol–water partition coefficient (Wildman–Crippen LogP) is 1.83. The average molecular weight is 242 g/mol. The highest BCUT2D eigenvalue weighted by Crippen LogP contribution is 2.37. The topological polar surface area (TPSA) is 32.3 Å². The summed E-state index contributed by atoms with van der Waals surface area (Å²) in [4.78, 5) is 13.8. The van der Waals surface area contributed by atoms with Crippen molar-refractivity contribution in [2.75, 3.05) is 18.8 Å². The van der Waals surface area contributed by atoms with Crippen molar-refractivity contribution < 1.29 is 4.79 Å². The minimum atomic E-state index is 0.129. The van der Waals surface area contributed by atoms with Crippen molar-refractivity contribution in [2.45, 2.75) is 50.4 Å². The smallest absolute Gasteiger partial charge is 0.233 e. The minimum Gasteiger partial charge on any atom is -0.327 e. The molecule has 0 aromatic heterocycles. The van der Waals surface area contributed by atoms with Gasteiger partial charge in [0.25, 0.3) is 0 Å². The molecule has 2 aliphatic rings. The second-order valence-corrected chi connectivity index (χ2v) is 6.12. The van der Waals surface area contributed by atoms with Crippen molar-refractivity contribution in [3.63, 3.8) is 0 Å². The molecule has 0 aliphatic carbocycles. The molecule has 2 heterocycles. The highest BCUT2D eigenvalue weighted by Gasteiger charge is 2.46.